The third-order valence-electron chi connectivity index (χ3n) is 5.44. The molecule has 0 fully saturated rings. The van der Waals surface area contributed by atoms with Gasteiger partial charge in [-0.25, -0.2) is 16.8 Å². The maximum absolute atomic E-state index is 11.2. The molecule has 180 valence electrons. The van der Waals surface area contributed by atoms with Crippen LogP contribution in [0.15, 0.2) is 82.6 Å². The maximum Gasteiger partial charge on any atom is 2.00 e. The van der Waals surface area contributed by atoms with E-state index in [9.17, 15) is 25.9 Å². The molecule has 4 aromatic carbocycles. The Bertz CT molecular complexity index is 1410. The van der Waals surface area contributed by atoms with Gasteiger partial charge in [-0.2, -0.15) is 0 Å². The SMILES string of the molecule is CCCc1cc2ccccc2cc1S(=O)(=O)[O-].CCCc1cc2ccccc2cc1S(=O)(=O)[O-].[Ca+2]. The van der Waals surface area contributed by atoms with Crippen molar-refractivity contribution in [1.82, 2.24) is 0 Å². The molecule has 0 amide bonds. The minimum atomic E-state index is -4.40. The second-order valence-electron chi connectivity index (χ2n) is 8.02. The van der Waals surface area contributed by atoms with Crippen LogP contribution >= 0.6 is 0 Å². The van der Waals surface area contributed by atoms with Crippen molar-refractivity contribution >= 4 is 79.5 Å². The van der Waals surface area contributed by atoms with E-state index in [0.717, 1.165) is 34.4 Å². The number of hydrogen-bond acceptors (Lipinski definition) is 6. The zero-order valence-corrected chi connectivity index (χ0v) is 23.6. The summed E-state index contributed by atoms with van der Waals surface area (Å²) >= 11 is 0. The molecule has 6 nitrogen and oxygen atoms in total. The fraction of sp³-hybridized carbons (Fsp3) is 0.231. The van der Waals surface area contributed by atoms with Gasteiger partial charge in [-0.1, -0.05) is 75.2 Å². The van der Waals surface area contributed by atoms with Crippen molar-refractivity contribution in [2.24, 2.45) is 0 Å². The Balaban J connectivity index is 0.000000240. The summed E-state index contributed by atoms with van der Waals surface area (Å²) in [5.41, 5.74) is 1.22. The van der Waals surface area contributed by atoms with E-state index in [1.54, 1.807) is 24.3 Å². The van der Waals surface area contributed by atoms with Crippen molar-refractivity contribution in [1.29, 1.82) is 0 Å². The molecule has 0 aliphatic heterocycles. The summed E-state index contributed by atoms with van der Waals surface area (Å²) in [4.78, 5) is -0.170. The van der Waals surface area contributed by atoms with Crippen molar-refractivity contribution < 1.29 is 25.9 Å². The van der Waals surface area contributed by atoms with Crippen molar-refractivity contribution in [2.75, 3.05) is 0 Å². The van der Waals surface area contributed by atoms with Gasteiger partial charge in [-0.3, -0.25) is 0 Å². The van der Waals surface area contributed by atoms with Crippen LogP contribution in [0.2, 0.25) is 0 Å². The first-order valence-electron chi connectivity index (χ1n) is 11.0. The van der Waals surface area contributed by atoms with Crippen LogP contribution in [0.25, 0.3) is 21.5 Å². The summed E-state index contributed by atoms with van der Waals surface area (Å²) in [6.45, 7) is 3.91. The Labute approximate surface area is 236 Å². The molecule has 9 heteroatoms. The molecule has 4 rings (SSSR count). The predicted molar refractivity (Wildman–Crippen MR) is 138 cm³/mol. The second kappa shape index (κ2) is 12.6. The fourth-order valence-corrected chi connectivity index (χ4v) is 5.43. The molecule has 0 atom stereocenters. The number of benzene rings is 4. The minimum absolute atomic E-state index is 0. The number of rotatable bonds is 6. The number of fused-ring (bicyclic) bond motifs is 2. The summed E-state index contributed by atoms with van der Waals surface area (Å²) in [5, 5.41) is 3.48. The quantitative estimate of drug-likeness (QED) is 0.252. The fourth-order valence-electron chi connectivity index (χ4n) is 3.93. The summed E-state index contributed by atoms with van der Waals surface area (Å²) < 4.78 is 67.3. The molecular weight excluding hydrogens is 512 g/mol. The second-order valence-corrected chi connectivity index (χ2v) is 10.7. The van der Waals surface area contributed by atoms with E-state index in [1.165, 1.54) is 12.1 Å². The van der Waals surface area contributed by atoms with Crippen LogP contribution in [0.5, 0.6) is 0 Å². The van der Waals surface area contributed by atoms with Crippen molar-refractivity contribution in [2.45, 2.75) is 49.3 Å². The molecule has 0 bridgehead atoms. The number of aryl methyl sites for hydroxylation is 2. The van der Waals surface area contributed by atoms with E-state index >= 15 is 0 Å². The topological polar surface area (TPSA) is 114 Å². The van der Waals surface area contributed by atoms with Crippen LogP contribution in [-0.2, 0) is 33.1 Å². The molecule has 4 aromatic rings. The molecule has 0 unspecified atom stereocenters. The van der Waals surface area contributed by atoms with E-state index in [4.69, 9.17) is 0 Å². The first-order valence-corrected chi connectivity index (χ1v) is 13.8. The Hall–Kier alpha value is -1.52. The van der Waals surface area contributed by atoms with Gasteiger partial charge in [0.1, 0.15) is 20.2 Å². The van der Waals surface area contributed by atoms with Gasteiger partial charge in [0.25, 0.3) is 0 Å². The predicted octanol–water partition coefficient (Wildman–Crippen LogP) is 5.01. The Morgan fingerprint density at radius 3 is 1.11 bits per heavy atom. The van der Waals surface area contributed by atoms with Gasteiger partial charge in [0.05, 0.1) is 9.79 Å². The molecule has 0 spiro atoms. The first-order chi connectivity index (χ1) is 16.0. The van der Waals surface area contributed by atoms with Gasteiger partial charge in [0.15, 0.2) is 0 Å². The van der Waals surface area contributed by atoms with E-state index < -0.39 is 20.2 Å². The molecule has 0 heterocycles. The third-order valence-corrected chi connectivity index (χ3v) is 7.27. The Morgan fingerprint density at radius 1 is 0.571 bits per heavy atom. The molecule has 0 aliphatic carbocycles. The number of hydrogen-bond donors (Lipinski definition) is 0. The summed E-state index contributed by atoms with van der Waals surface area (Å²) in [6.07, 6.45) is 2.81. The average Bonchev–Trinajstić information content (AvgIpc) is 2.78. The molecule has 0 saturated carbocycles. The maximum atomic E-state index is 11.2. The molecular formula is C26H26CaO6S2. The standard InChI is InChI=1S/2C13H14O3S.Ca/c2*1-2-5-12-8-10-6-3-4-7-11(10)9-13(12)17(14,15)16;/h2*3-4,6-9H,2,5H2,1H3,(H,14,15,16);/q;;+2/p-2. The zero-order valence-electron chi connectivity index (χ0n) is 19.7. The van der Waals surface area contributed by atoms with Gasteiger partial charge in [0, 0.05) is 0 Å². The van der Waals surface area contributed by atoms with Crippen molar-refractivity contribution in [3.05, 3.63) is 83.9 Å². The monoisotopic (exact) mass is 538 g/mol. The van der Waals surface area contributed by atoms with Crippen LogP contribution < -0.4 is 0 Å². The average molecular weight is 539 g/mol. The molecule has 0 N–H and O–H groups in total. The van der Waals surface area contributed by atoms with Gasteiger partial charge in [0.2, 0.25) is 0 Å². The van der Waals surface area contributed by atoms with E-state index in [0.29, 0.717) is 24.0 Å². The van der Waals surface area contributed by atoms with Crippen LogP contribution in [0, 0.1) is 0 Å². The smallest absolute Gasteiger partial charge is 0.744 e. The van der Waals surface area contributed by atoms with Gasteiger partial charge in [-0.05, 0) is 69.8 Å². The van der Waals surface area contributed by atoms with Crippen LogP contribution in [-0.4, -0.2) is 63.7 Å². The van der Waals surface area contributed by atoms with Crippen LogP contribution in [0.3, 0.4) is 0 Å². The minimum Gasteiger partial charge on any atom is -0.744 e. The van der Waals surface area contributed by atoms with Gasteiger partial charge >= 0.3 is 37.7 Å². The summed E-state index contributed by atoms with van der Waals surface area (Å²) in [5.74, 6) is 0. The van der Waals surface area contributed by atoms with E-state index in [-0.39, 0.29) is 47.5 Å². The Morgan fingerprint density at radius 2 is 0.857 bits per heavy atom. The van der Waals surface area contributed by atoms with Crippen LogP contribution in [0.4, 0.5) is 0 Å². The normalized spacial score (nSPS) is 11.5. The molecule has 0 aromatic heterocycles. The van der Waals surface area contributed by atoms with Crippen LogP contribution in [0.1, 0.15) is 37.8 Å². The summed E-state index contributed by atoms with van der Waals surface area (Å²) in [6, 6.07) is 21.4. The molecule has 0 aliphatic rings. The Kier molecular flexibility index (Phi) is 10.7. The largest absolute Gasteiger partial charge is 2.00 e. The zero-order chi connectivity index (χ0) is 24.9. The van der Waals surface area contributed by atoms with Crippen molar-refractivity contribution in [3.8, 4) is 0 Å². The molecule has 35 heavy (non-hydrogen) atoms. The molecule has 0 saturated heterocycles. The third kappa shape index (κ3) is 7.73. The molecule has 0 radical (unpaired) electrons. The van der Waals surface area contributed by atoms with Crippen molar-refractivity contribution in [3.63, 3.8) is 0 Å². The van der Waals surface area contributed by atoms with E-state index in [1.807, 2.05) is 50.2 Å². The van der Waals surface area contributed by atoms with E-state index in [2.05, 4.69) is 0 Å². The summed E-state index contributed by atoms with van der Waals surface area (Å²) in [7, 11) is -8.79. The van der Waals surface area contributed by atoms with Gasteiger partial charge in [-0.15, -0.1) is 0 Å². The van der Waals surface area contributed by atoms with Gasteiger partial charge < -0.3 is 9.11 Å². The first kappa shape index (κ1) is 29.7.